The van der Waals surface area contributed by atoms with Gasteiger partial charge in [0.25, 0.3) is 11.8 Å². The van der Waals surface area contributed by atoms with E-state index in [4.69, 9.17) is 16.3 Å². The molecule has 2 aromatic carbocycles. The zero-order valence-electron chi connectivity index (χ0n) is 17.1. The molecule has 0 radical (unpaired) electrons. The van der Waals surface area contributed by atoms with Crippen LogP contribution < -0.4 is 15.5 Å². The van der Waals surface area contributed by atoms with Gasteiger partial charge in [-0.1, -0.05) is 54.4 Å². The number of rotatable bonds is 9. The zero-order chi connectivity index (χ0) is 22.1. The monoisotopic (exact) mass is 493 g/mol. The number of carbonyl (C=O) groups is 2. The van der Waals surface area contributed by atoms with E-state index in [0.717, 1.165) is 16.5 Å². The Balaban J connectivity index is 2.07. The summed E-state index contributed by atoms with van der Waals surface area (Å²) in [5.74, 6) is -0.259. The molecular formula is C22H25BrClN3O3. The summed E-state index contributed by atoms with van der Waals surface area (Å²) in [6.07, 6.45) is 2.40. The summed E-state index contributed by atoms with van der Waals surface area (Å²) in [5.41, 5.74) is 3.61. The largest absolute Gasteiger partial charge is 0.493 e. The van der Waals surface area contributed by atoms with Crippen molar-refractivity contribution in [3.05, 3.63) is 63.1 Å². The van der Waals surface area contributed by atoms with E-state index in [2.05, 4.69) is 31.8 Å². The normalized spacial score (nSPS) is 12.1. The van der Waals surface area contributed by atoms with E-state index < -0.39 is 11.9 Å². The quantitative estimate of drug-likeness (QED) is 0.388. The molecule has 0 saturated carbocycles. The van der Waals surface area contributed by atoms with Gasteiger partial charge in [-0.2, -0.15) is 5.10 Å². The van der Waals surface area contributed by atoms with Crippen LogP contribution in [0, 0.1) is 5.92 Å². The maximum Gasteiger partial charge on any atom is 0.262 e. The van der Waals surface area contributed by atoms with Crippen LogP contribution in [0.25, 0.3) is 0 Å². The molecule has 2 amide bonds. The Morgan fingerprint density at radius 2 is 2.00 bits per heavy atom. The number of carbonyl (C=O) groups excluding carboxylic acids is 2. The van der Waals surface area contributed by atoms with E-state index in [1.54, 1.807) is 24.3 Å². The standard InChI is InChI=1S/C22H25BrClN3O3/c1-4-10-30-19-9-8-17(23)11-16(19)13-25-27-22(29)20(14(2)3)26-21(28)15-6-5-7-18(24)12-15/h5-9,11-14,20H,4,10H2,1-3H3,(H,26,28)(H,27,29)/b25-13-. The number of nitrogens with one attached hydrogen (secondary N) is 2. The van der Waals surface area contributed by atoms with Gasteiger partial charge in [0.05, 0.1) is 12.8 Å². The van der Waals surface area contributed by atoms with E-state index in [0.29, 0.717) is 22.9 Å². The number of nitrogens with zero attached hydrogens (tertiary/aromatic N) is 1. The molecule has 0 aliphatic carbocycles. The molecule has 2 aromatic rings. The zero-order valence-corrected chi connectivity index (χ0v) is 19.5. The predicted octanol–water partition coefficient (Wildman–Crippen LogP) is 4.80. The molecule has 0 fully saturated rings. The van der Waals surface area contributed by atoms with E-state index in [-0.39, 0.29) is 11.8 Å². The van der Waals surface area contributed by atoms with E-state index in [1.807, 2.05) is 39.0 Å². The Morgan fingerprint density at radius 3 is 2.67 bits per heavy atom. The highest BCUT2D eigenvalue weighted by Crippen LogP contribution is 2.22. The second-order valence-corrected chi connectivity index (χ2v) is 8.32. The second kappa shape index (κ2) is 11.7. The van der Waals surface area contributed by atoms with Crippen LogP contribution >= 0.6 is 27.5 Å². The van der Waals surface area contributed by atoms with Gasteiger partial charge in [0.2, 0.25) is 0 Å². The van der Waals surface area contributed by atoms with Crippen molar-refractivity contribution in [3.8, 4) is 5.75 Å². The first-order chi connectivity index (χ1) is 14.3. The highest BCUT2D eigenvalue weighted by molar-refractivity contribution is 9.10. The molecule has 0 aliphatic rings. The van der Waals surface area contributed by atoms with Gasteiger partial charge in [-0.3, -0.25) is 9.59 Å². The van der Waals surface area contributed by atoms with Crippen molar-refractivity contribution in [3.63, 3.8) is 0 Å². The molecule has 1 unspecified atom stereocenters. The molecule has 0 saturated heterocycles. The Morgan fingerprint density at radius 1 is 1.23 bits per heavy atom. The van der Waals surface area contributed by atoms with Crippen molar-refractivity contribution in [2.75, 3.05) is 6.61 Å². The van der Waals surface area contributed by atoms with Crippen LogP contribution in [-0.4, -0.2) is 30.7 Å². The number of halogens is 2. The van der Waals surface area contributed by atoms with Crippen LogP contribution in [0.1, 0.15) is 43.1 Å². The third-order valence-electron chi connectivity index (χ3n) is 4.13. The van der Waals surface area contributed by atoms with Crippen LogP contribution in [-0.2, 0) is 4.79 Å². The van der Waals surface area contributed by atoms with Crippen LogP contribution in [0.2, 0.25) is 5.02 Å². The van der Waals surface area contributed by atoms with Crippen molar-refractivity contribution < 1.29 is 14.3 Å². The maximum absolute atomic E-state index is 12.6. The Bertz CT molecular complexity index is 918. The molecule has 0 aromatic heterocycles. The molecule has 2 rings (SSSR count). The van der Waals surface area contributed by atoms with Gasteiger partial charge in [-0.25, -0.2) is 5.43 Å². The predicted molar refractivity (Wildman–Crippen MR) is 123 cm³/mol. The fourth-order valence-corrected chi connectivity index (χ4v) is 3.16. The Kier molecular flexibility index (Phi) is 9.33. The van der Waals surface area contributed by atoms with E-state index >= 15 is 0 Å². The van der Waals surface area contributed by atoms with E-state index in [1.165, 1.54) is 6.21 Å². The fraction of sp³-hybridized carbons (Fsp3) is 0.318. The minimum atomic E-state index is -0.757. The first-order valence-corrected chi connectivity index (χ1v) is 10.8. The van der Waals surface area contributed by atoms with Gasteiger partial charge < -0.3 is 10.1 Å². The number of hydrogen-bond acceptors (Lipinski definition) is 4. The van der Waals surface area contributed by atoms with Gasteiger partial charge >= 0.3 is 0 Å². The molecule has 1 atom stereocenters. The highest BCUT2D eigenvalue weighted by atomic mass is 79.9. The maximum atomic E-state index is 12.6. The average molecular weight is 495 g/mol. The number of amides is 2. The summed E-state index contributed by atoms with van der Waals surface area (Å²) >= 11 is 9.36. The minimum absolute atomic E-state index is 0.141. The molecule has 0 bridgehead atoms. The third kappa shape index (κ3) is 7.15. The van der Waals surface area contributed by atoms with Crippen LogP contribution in [0.4, 0.5) is 0 Å². The second-order valence-electron chi connectivity index (χ2n) is 6.97. The molecule has 160 valence electrons. The molecule has 0 spiro atoms. The summed E-state index contributed by atoms with van der Waals surface area (Å²) in [6.45, 7) is 6.30. The molecular weight excluding hydrogens is 470 g/mol. The molecule has 0 aliphatic heterocycles. The molecule has 2 N–H and O–H groups in total. The van der Waals surface area contributed by atoms with Gasteiger partial charge in [0.15, 0.2) is 0 Å². The lowest BCUT2D eigenvalue weighted by molar-refractivity contribution is -0.123. The molecule has 6 nitrogen and oxygen atoms in total. The van der Waals surface area contributed by atoms with Crippen molar-refractivity contribution in [1.29, 1.82) is 0 Å². The lowest BCUT2D eigenvalue weighted by Gasteiger charge is -2.20. The van der Waals surface area contributed by atoms with Gasteiger partial charge in [-0.15, -0.1) is 0 Å². The van der Waals surface area contributed by atoms with Crippen molar-refractivity contribution >= 4 is 45.6 Å². The summed E-state index contributed by atoms with van der Waals surface area (Å²) in [5, 5.41) is 7.24. The number of hydrazone groups is 1. The van der Waals surface area contributed by atoms with Crippen LogP contribution in [0.15, 0.2) is 52.0 Å². The number of ether oxygens (including phenoxy) is 1. The molecule has 8 heteroatoms. The Labute approximate surface area is 190 Å². The summed E-state index contributed by atoms with van der Waals surface area (Å²) in [4.78, 5) is 25.1. The first kappa shape index (κ1) is 23.9. The summed E-state index contributed by atoms with van der Waals surface area (Å²) in [6, 6.07) is 11.4. The average Bonchev–Trinajstić information content (AvgIpc) is 2.70. The van der Waals surface area contributed by atoms with Crippen LogP contribution in [0.5, 0.6) is 5.75 Å². The molecule has 0 heterocycles. The van der Waals surface area contributed by atoms with Gasteiger partial charge in [-0.05, 0) is 48.7 Å². The Hall–Kier alpha value is -2.38. The van der Waals surface area contributed by atoms with Crippen molar-refractivity contribution in [1.82, 2.24) is 10.7 Å². The lowest BCUT2D eigenvalue weighted by Crippen LogP contribution is -2.48. The van der Waals surface area contributed by atoms with Gasteiger partial charge in [0, 0.05) is 20.6 Å². The number of benzene rings is 2. The number of hydrogen-bond donors (Lipinski definition) is 2. The van der Waals surface area contributed by atoms with Crippen molar-refractivity contribution in [2.45, 2.75) is 33.2 Å². The van der Waals surface area contributed by atoms with Crippen molar-refractivity contribution in [2.24, 2.45) is 11.0 Å². The SMILES string of the molecule is CCCOc1ccc(Br)cc1/C=N\NC(=O)C(NC(=O)c1cccc(Cl)c1)C(C)C. The van der Waals surface area contributed by atoms with Crippen LogP contribution in [0.3, 0.4) is 0 Å². The third-order valence-corrected chi connectivity index (χ3v) is 4.86. The fourth-order valence-electron chi connectivity index (χ4n) is 2.59. The van der Waals surface area contributed by atoms with Gasteiger partial charge in [0.1, 0.15) is 11.8 Å². The summed E-state index contributed by atoms with van der Waals surface area (Å²) in [7, 11) is 0. The first-order valence-electron chi connectivity index (χ1n) is 9.63. The summed E-state index contributed by atoms with van der Waals surface area (Å²) < 4.78 is 6.57. The minimum Gasteiger partial charge on any atom is -0.493 e. The highest BCUT2D eigenvalue weighted by Gasteiger charge is 2.24. The smallest absolute Gasteiger partial charge is 0.262 e. The lowest BCUT2D eigenvalue weighted by atomic mass is 10.0. The topological polar surface area (TPSA) is 79.8 Å². The molecule has 30 heavy (non-hydrogen) atoms. The van der Waals surface area contributed by atoms with E-state index in [9.17, 15) is 9.59 Å².